The van der Waals surface area contributed by atoms with Crippen LogP contribution in [0.4, 0.5) is 18.9 Å². The van der Waals surface area contributed by atoms with E-state index in [1.54, 1.807) is 0 Å². The summed E-state index contributed by atoms with van der Waals surface area (Å²) in [5, 5.41) is 3.50. The van der Waals surface area contributed by atoms with Crippen LogP contribution < -0.4 is 5.73 Å². The standard InChI is InChI=1S/C7H5F3N4/c8-7(9,10)6-4(11)3-12-5-1-2-13-14(5)6/h1-3H,11H2. The molecule has 2 aromatic rings. The van der Waals surface area contributed by atoms with Crippen LogP contribution in [0.5, 0.6) is 0 Å². The number of anilines is 1. The van der Waals surface area contributed by atoms with E-state index in [1.165, 1.54) is 12.3 Å². The predicted octanol–water partition coefficient (Wildman–Crippen LogP) is 1.33. The molecule has 0 bridgehead atoms. The number of hydrogen-bond acceptors (Lipinski definition) is 3. The molecule has 0 atom stereocenters. The summed E-state index contributed by atoms with van der Waals surface area (Å²) < 4.78 is 38.1. The number of rotatable bonds is 0. The van der Waals surface area contributed by atoms with Gasteiger partial charge in [0, 0.05) is 6.07 Å². The second-order valence-electron chi connectivity index (χ2n) is 2.66. The smallest absolute Gasteiger partial charge is 0.396 e. The summed E-state index contributed by atoms with van der Waals surface area (Å²) in [6.07, 6.45) is -2.33. The molecule has 7 heteroatoms. The van der Waals surface area contributed by atoms with Gasteiger partial charge in [-0.05, 0) is 0 Å². The van der Waals surface area contributed by atoms with E-state index in [2.05, 4.69) is 10.1 Å². The molecule has 4 nitrogen and oxygen atoms in total. The minimum atomic E-state index is -4.53. The fraction of sp³-hybridized carbons (Fsp3) is 0.143. The average molecular weight is 202 g/mol. The number of halogens is 3. The van der Waals surface area contributed by atoms with Crippen molar-refractivity contribution < 1.29 is 13.2 Å². The summed E-state index contributed by atoms with van der Waals surface area (Å²) in [5.74, 6) is 0. The molecule has 0 saturated carbocycles. The van der Waals surface area contributed by atoms with E-state index in [0.717, 1.165) is 6.20 Å². The number of nitrogens with two attached hydrogens (primary N) is 1. The Hall–Kier alpha value is -1.79. The van der Waals surface area contributed by atoms with Crippen molar-refractivity contribution in [2.24, 2.45) is 0 Å². The Morgan fingerprint density at radius 3 is 2.71 bits per heavy atom. The molecule has 74 valence electrons. The Labute approximate surface area is 76.2 Å². The molecule has 0 spiro atoms. The van der Waals surface area contributed by atoms with Crippen LogP contribution in [0.3, 0.4) is 0 Å². The molecule has 0 aromatic carbocycles. The first-order valence-electron chi connectivity index (χ1n) is 3.65. The van der Waals surface area contributed by atoms with Gasteiger partial charge < -0.3 is 5.73 Å². The zero-order chi connectivity index (χ0) is 10.3. The molecule has 0 radical (unpaired) electrons. The van der Waals surface area contributed by atoms with E-state index in [1.807, 2.05) is 0 Å². The van der Waals surface area contributed by atoms with E-state index in [4.69, 9.17) is 5.73 Å². The van der Waals surface area contributed by atoms with E-state index < -0.39 is 17.6 Å². The number of fused-ring (bicyclic) bond motifs is 1. The predicted molar refractivity (Wildman–Crippen MR) is 42.4 cm³/mol. The Balaban J connectivity index is 2.83. The lowest BCUT2D eigenvalue weighted by Crippen LogP contribution is -2.16. The van der Waals surface area contributed by atoms with E-state index in [9.17, 15) is 13.2 Å². The quantitative estimate of drug-likeness (QED) is 0.701. The van der Waals surface area contributed by atoms with Crippen molar-refractivity contribution in [3.63, 3.8) is 0 Å². The Morgan fingerprint density at radius 1 is 1.36 bits per heavy atom. The van der Waals surface area contributed by atoms with Gasteiger partial charge in [-0.25, -0.2) is 9.50 Å². The molecule has 14 heavy (non-hydrogen) atoms. The van der Waals surface area contributed by atoms with Crippen LogP contribution in [-0.2, 0) is 6.18 Å². The minimum absolute atomic E-state index is 0.117. The molecule has 0 aliphatic carbocycles. The summed E-state index contributed by atoms with van der Waals surface area (Å²) in [6.45, 7) is 0. The van der Waals surface area contributed by atoms with Gasteiger partial charge in [-0.3, -0.25) is 0 Å². The number of nitrogen functional groups attached to an aromatic ring is 1. The highest BCUT2D eigenvalue weighted by Crippen LogP contribution is 2.32. The van der Waals surface area contributed by atoms with Crippen molar-refractivity contribution in [2.45, 2.75) is 6.18 Å². The van der Waals surface area contributed by atoms with Crippen LogP contribution in [0.25, 0.3) is 5.65 Å². The molecule has 2 N–H and O–H groups in total. The van der Waals surface area contributed by atoms with Gasteiger partial charge in [0.15, 0.2) is 11.3 Å². The molecular weight excluding hydrogens is 197 g/mol. The number of alkyl halides is 3. The molecule has 2 aromatic heterocycles. The van der Waals surface area contributed by atoms with Gasteiger partial charge in [0.05, 0.1) is 18.1 Å². The number of hydrogen-bond donors (Lipinski definition) is 1. The second-order valence-corrected chi connectivity index (χ2v) is 2.66. The third kappa shape index (κ3) is 1.17. The molecule has 0 aliphatic heterocycles. The maximum Gasteiger partial charge on any atom is 0.435 e. The molecule has 2 rings (SSSR count). The van der Waals surface area contributed by atoms with E-state index >= 15 is 0 Å². The Morgan fingerprint density at radius 2 is 2.07 bits per heavy atom. The van der Waals surface area contributed by atoms with Crippen molar-refractivity contribution in [3.8, 4) is 0 Å². The molecule has 0 amide bonds. The molecular formula is C7H5F3N4. The lowest BCUT2D eigenvalue weighted by Gasteiger charge is -2.10. The minimum Gasteiger partial charge on any atom is -0.396 e. The first kappa shape index (κ1) is 8.79. The highest BCUT2D eigenvalue weighted by molar-refractivity contribution is 5.49. The Kier molecular flexibility index (Phi) is 1.63. The van der Waals surface area contributed by atoms with Crippen molar-refractivity contribution >= 4 is 11.3 Å². The molecule has 0 saturated heterocycles. The monoisotopic (exact) mass is 202 g/mol. The highest BCUT2D eigenvalue weighted by Gasteiger charge is 2.36. The summed E-state index contributed by atoms with van der Waals surface area (Å²) in [5.41, 5.74) is 3.88. The van der Waals surface area contributed by atoms with Crippen molar-refractivity contribution in [1.29, 1.82) is 0 Å². The fourth-order valence-electron chi connectivity index (χ4n) is 1.17. The average Bonchev–Trinajstić information content (AvgIpc) is 2.48. The topological polar surface area (TPSA) is 56.2 Å². The fourth-order valence-corrected chi connectivity index (χ4v) is 1.17. The van der Waals surface area contributed by atoms with Crippen LogP contribution >= 0.6 is 0 Å². The maximum absolute atomic E-state index is 12.5. The van der Waals surface area contributed by atoms with Crippen molar-refractivity contribution in [1.82, 2.24) is 14.6 Å². The van der Waals surface area contributed by atoms with Gasteiger partial charge in [0.2, 0.25) is 0 Å². The third-order valence-electron chi connectivity index (χ3n) is 1.71. The van der Waals surface area contributed by atoms with Crippen LogP contribution in [-0.4, -0.2) is 14.6 Å². The lowest BCUT2D eigenvalue weighted by molar-refractivity contribution is -0.141. The first-order valence-corrected chi connectivity index (χ1v) is 3.65. The van der Waals surface area contributed by atoms with E-state index in [-0.39, 0.29) is 5.65 Å². The number of aromatic nitrogens is 3. The molecule has 0 fully saturated rings. The van der Waals surface area contributed by atoms with Gasteiger partial charge in [0.25, 0.3) is 0 Å². The van der Waals surface area contributed by atoms with Gasteiger partial charge in [-0.1, -0.05) is 0 Å². The van der Waals surface area contributed by atoms with Crippen molar-refractivity contribution in [3.05, 3.63) is 24.2 Å². The largest absolute Gasteiger partial charge is 0.435 e. The Bertz CT molecular complexity index is 473. The number of nitrogens with zero attached hydrogens (tertiary/aromatic N) is 3. The van der Waals surface area contributed by atoms with Gasteiger partial charge in [-0.15, -0.1) is 0 Å². The summed E-state index contributed by atoms with van der Waals surface area (Å²) >= 11 is 0. The summed E-state index contributed by atoms with van der Waals surface area (Å²) in [7, 11) is 0. The lowest BCUT2D eigenvalue weighted by atomic mass is 10.3. The van der Waals surface area contributed by atoms with Crippen molar-refractivity contribution in [2.75, 3.05) is 5.73 Å². The first-order chi connectivity index (χ1) is 6.50. The summed E-state index contributed by atoms with van der Waals surface area (Å²) in [4.78, 5) is 3.69. The van der Waals surface area contributed by atoms with Gasteiger partial charge >= 0.3 is 6.18 Å². The molecule has 0 aliphatic rings. The normalized spacial score (nSPS) is 12.2. The molecule has 2 heterocycles. The maximum atomic E-state index is 12.5. The second kappa shape index (κ2) is 2.60. The van der Waals surface area contributed by atoms with Gasteiger partial charge in [-0.2, -0.15) is 18.3 Å². The molecule has 0 unspecified atom stereocenters. The third-order valence-corrected chi connectivity index (χ3v) is 1.71. The SMILES string of the molecule is Nc1cnc2ccnn2c1C(F)(F)F. The van der Waals surface area contributed by atoms with Crippen LogP contribution in [0.15, 0.2) is 18.5 Å². The zero-order valence-corrected chi connectivity index (χ0v) is 6.78. The summed E-state index contributed by atoms with van der Waals surface area (Å²) in [6, 6.07) is 1.37. The van der Waals surface area contributed by atoms with Crippen LogP contribution in [0.2, 0.25) is 0 Å². The highest BCUT2D eigenvalue weighted by atomic mass is 19.4. The zero-order valence-electron chi connectivity index (χ0n) is 6.78. The van der Waals surface area contributed by atoms with Gasteiger partial charge in [0.1, 0.15) is 0 Å². The van der Waals surface area contributed by atoms with Crippen LogP contribution in [0, 0.1) is 0 Å². The van der Waals surface area contributed by atoms with Crippen LogP contribution in [0.1, 0.15) is 5.69 Å². The van der Waals surface area contributed by atoms with E-state index in [0.29, 0.717) is 4.52 Å².